The van der Waals surface area contributed by atoms with E-state index in [0.717, 1.165) is 0 Å². The number of nitrogens with one attached hydrogen (secondary N) is 2. The highest BCUT2D eigenvalue weighted by Crippen LogP contribution is 2.24. The Morgan fingerprint density at radius 3 is 2.35 bits per heavy atom. The first-order valence-corrected chi connectivity index (χ1v) is 7.72. The molecule has 2 rings (SSSR count). The van der Waals surface area contributed by atoms with Gasteiger partial charge in [-0.15, -0.1) is 0 Å². The van der Waals surface area contributed by atoms with Crippen LogP contribution in [0.25, 0.3) is 0 Å². The van der Waals surface area contributed by atoms with Gasteiger partial charge in [0.1, 0.15) is 5.69 Å². The number of carbonyl (C=O) groups excluding carboxylic acids is 2. The molecule has 0 fully saturated rings. The summed E-state index contributed by atoms with van der Waals surface area (Å²) in [5.74, 6) is -0.844. The van der Waals surface area contributed by atoms with Gasteiger partial charge in [-0.3, -0.25) is 4.79 Å². The number of carbonyl (C=O) groups is 2. The van der Waals surface area contributed by atoms with Gasteiger partial charge < -0.3 is 15.0 Å². The number of aryl methyl sites for hydroxylation is 1. The molecule has 0 bridgehead atoms. The second-order valence-corrected chi connectivity index (χ2v) is 5.83. The lowest BCUT2D eigenvalue weighted by Gasteiger charge is -2.06. The maximum absolute atomic E-state index is 12.4. The topological polar surface area (TPSA) is 71.2 Å². The van der Waals surface area contributed by atoms with E-state index in [9.17, 15) is 9.59 Å². The normalized spacial score (nSPS) is 10.5. The highest BCUT2D eigenvalue weighted by molar-refractivity contribution is 6.35. The second-order valence-electron chi connectivity index (χ2n) is 4.96. The summed E-state index contributed by atoms with van der Waals surface area (Å²) in [5.41, 5.74) is 2.25. The molecule has 0 radical (unpaired) electrons. The minimum Gasteiger partial charge on any atom is -0.462 e. The molecule has 7 heteroatoms. The second kappa shape index (κ2) is 7.06. The van der Waals surface area contributed by atoms with Crippen molar-refractivity contribution in [1.82, 2.24) is 4.98 Å². The molecule has 1 heterocycles. The van der Waals surface area contributed by atoms with Gasteiger partial charge in [0.15, 0.2) is 0 Å². The molecule has 5 nitrogen and oxygen atoms in total. The van der Waals surface area contributed by atoms with Crippen molar-refractivity contribution >= 4 is 40.8 Å². The minimum absolute atomic E-state index is 0.269. The highest BCUT2D eigenvalue weighted by atomic mass is 35.5. The first-order chi connectivity index (χ1) is 10.8. The zero-order valence-corrected chi connectivity index (χ0v) is 14.4. The monoisotopic (exact) mass is 354 g/mol. The predicted molar refractivity (Wildman–Crippen MR) is 90.6 cm³/mol. The maximum Gasteiger partial charge on any atom is 0.340 e. The lowest BCUT2D eigenvalue weighted by atomic mass is 10.1. The molecule has 2 N–H and O–H groups in total. The van der Waals surface area contributed by atoms with Crippen molar-refractivity contribution in [2.45, 2.75) is 20.8 Å². The van der Waals surface area contributed by atoms with Crippen molar-refractivity contribution in [3.05, 3.63) is 50.8 Å². The van der Waals surface area contributed by atoms with Gasteiger partial charge in [-0.25, -0.2) is 4.79 Å². The van der Waals surface area contributed by atoms with Crippen molar-refractivity contribution in [1.29, 1.82) is 0 Å². The van der Waals surface area contributed by atoms with Gasteiger partial charge in [0.2, 0.25) is 0 Å². The summed E-state index contributed by atoms with van der Waals surface area (Å²) in [4.78, 5) is 27.3. The first kappa shape index (κ1) is 17.4. The van der Waals surface area contributed by atoms with E-state index in [0.29, 0.717) is 38.2 Å². The van der Waals surface area contributed by atoms with Gasteiger partial charge in [-0.1, -0.05) is 23.2 Å². The standard InChI is InChI=1S/C16H16Cl2N2O3/c1-4-23-16(22)13-8(2)14(19-9(13)3)15(21)20-12-6-10(17)5-11(18)7-12/h5-7,19H,4H2,1-3H3,(H,20,21). The summed E-state index contributed by atoms with van der Waals surface area (Å²) in [6.07, 6.45) is 0. The summed E-state index contributed by atoms with van der Waals surface area (Å²) >= 11 is 11.8. The number of hydrogen-bond acceptors (Lipinski definition) is 3. The van der Waals surface area contributed by atoms with Crippen LogP contribution in [0.5, 0.6) is 0 Å². The summed E-state index contributed by atoms with van der Waals surface area (Å²) in [7, 11) is 0. The molecule has 0 saturated heterocycles. The summed E-state index contributed by atoms with van der Waals surface area (Å²) < 4.78 is 5.01. The molecular formula is C16H16Cl2N2O3. The smallest absolute Gasteiger partial charge is 0.340 e. The van der Waals surface area contributed by atoms with E-state index in [2.05, 4.69) is 10.3 Å². The van der Waals surface area contributed by atoms with Crippen molar-refractivity contribution in [2.75, 3.05) is 11.9 Å². The largest absolute Gasteiger partial charge is 0.462 e. The fraction of sp³-hybridized carbons (Fsp3) is 0.250. The number of hydrogen-bond donors (Lipinski definition) is 2. The Hall–Kier alpha value is -1.98. The minimum atomic E-state index is -0.455. The van der Waals surface area contributed by atoms with Gasteiger partial charge in [0, 0.05) is 21.4 Å². The van der Waals surface area contributed by atoms with E-state index in [4.69, 9.17) is 27.9 Å². The third-order valence-electron chi connectivity index (χ3n) is 3.26. The zero-order valence-electron chi connectivity index (χ0n) is 12.9. The number of rotatable bonds is 4. The van der Waals surface area contributed by atoms with Crippen LogP contribution in [0.1, 0.15) is 39.0 Å². The molecule has 122 valence electrons. The van der Waals surface area contributed by atoms with Gasteiger partial charge in [0.25, 0.3) is 5.91 Å². The average Bonchev–Trinajstić information content (AvgIpc) is 2.73. The molecule has 23 heavy (non-hydrogen) atoms. The number of H-pyrrole nitrogens is 1. The predicted octanol–water partition coefficient (Wildman–Crippen LogP) is 4.37. The molecule has 1 aromatic heterocycles. The summed E-state index contributed by atoms with van der Waals surface area (Å²) in [6.45, 7) is 5.40. The molecule has 0 saturated carbocycles. The number of aromatic nitrogens is 1. The molecule has 0 aliphatic carbocycles. The third kappa shape index (κ3) is 3.86. The Labute approximate surface area is 143 Å². The molecule has 0 unspecified atom stereocenters. The van der Waals surface area contributed by atoms with Crippen LogP contribution in [0.3, 0.4) is 0 Å². The van der Waals surface area contributed by atoms with Gasteiger partial charge in [-0.2, -0.15) is 0 Å². The van der Waals surface area contributed by atoms with E-state index in [-0.39, 0.29) is 12.5 Å². The van der Waals surface area contributed by atoms with Crippen molar-refractivity contribution in [3.63, 3.8) is 0 Å². The SMILES string of the molecule is CCOC(=O)c1c(C)[nH]c(C(=O)Nc2cc(Cl)cc(Cl)c2)c1C. The van der Waals surface area contributed by atoms with Crippen LogP contribution in [-0.2, 0) is 4.74 Å². The molecule has 0 aliphatic rings. The van der Waals surface area contributed by atoms with E-state index < -0.39 is 5.97 Å². The Balaban J connectivity index is 2.30. The highest BCUT2D eigenvalue weighted by Gasteiger charge is 2.22. The molecule has 0 aliphatic heterocycles. The molecular weight excluding hydrogens is 339 g/mol. The third-order valence-corrected chi connectivity index (χ3v) is 3.70. The number of aromatic amines is 1. The lowest BCUT2D eigenvalue weighted by molar-refractivity contribution is 0.0525. The Kier molecular flexibility index (Phi) is 5.34. The van der Waals surface area contributed by atoms with Crippen LogP contribution in [0, 0.1) is 13.8 Å². The van der Waals surface area contributed by atoms with Crippen LogP contribution < -0.4 is 5.32 Å². The first-order valence-electron chi connectivity index (χ1n) is 6.97. The van der Waals surface area contributed by atoms with Gasteiger partial charge in [-0.05, 0) is 44.5 Å². The van der Waals surface area contributed by atoms with Crippen molar-refractivity contribution in [3.8, 4) is 0 Å². The molecule has 1 aromatic carbocycles. The molecule has 2 aromatic rings. The lowest BCUT2D eigenvalue weighted by Crippen LogP contribution is -2.14. The average molecular weight is 355 g/mol. The van der Waals surface area contributed by atoms with Gasteiger partial charge in [0.05, 0.1) is 12.2 Å². The van der Waals surface area contributed by atoms with Crippen LogP contribution in [0.4, 0.5) is 5.69 Å². The fourth-order valence-corrected chi connectivity index (χ4v) is 2.83. The van der Waals surface area contributed by atoms with Gasteiger partial charge >= 0.3 is 5.97 Å². The van der Waals surface area contributed by atoms with Crippen molar-refractivity contribution in [2.24, 2.45) is 0 Å². The number of amides is 1. The Morgan fingerprint density at radius 1 is 1.17 bits per heavy atom. The summed E-state index contributed by atoms with van der Waals surface area (Å²) in [6, 6.07) is 4.74. The Bertz CT molecular complexity index is 749. The number of halogens is 2. The molecule has 0 spiro atoms. The summed E-state index contributed by atoms with van der Waals surface area (Å²) in [5, 5.41) is 3.53. The van der Waals surface area contributed by atoms with Crippen LogP contribution in [0.15, 0.2) is 18.2 Å². The zero-order chi connectivity index (χ0) is 17.1. The number of ether oxygens (including phenoxy) is 1. The van der Waals surface area contributed by atoms with E-state index in [1.165, 1.54) is 0 Å². The van der Waals surface area contributed by atoms with E-state index >= 15 is 0 Å². The van der Waals surface area contributed by atoms with E-state index in [1.807, 2.05) is 0 Å². The van der Waals surface area contributed by atoms with Crippen molar-refractivity contribution < 1.29 is 14.3 Å². The molecule has 1 amide bonds. The number of anilines is 1. The maximum atomic E-state index is 12.4. The number of esters is 1. The molecule has 0 atom stereocenters. The fourth-order valence-electron chi connectivity index (χ4n) is 2.31. The Morgan fingerprint density at radius 2 is 1.78 bits per heavy atom. The van der Waals surface area contributed by atoms with Crippen LogP contribution in [0.2, 0.25) is 10.0 Å². The number of benzene rings is 1. The van der Waals surface area contributed by atoms with E-state index in [1.54, 1.807) is 39.0 Å². The van der Waals surface area contributed by atoms with Crippen LogP contribution in [-0.4, -0.2) is 23.5 Å². The quantitative estimate of drug-likeness (QED) is 0.800. The van der Waals surface area contributed by atoms with Crippen LogP contribution >= 0.6 is 23.2 Å².